The molecule has 6 heteroatoms. The summed E-state index contributed by atoms with van der Waals surface area (Å²) in [4.78, 5) is 24.4. The molecule has 0 bridgehead atoms. The average Bonchev–Trinajstić information content (AvgIpc) is 2.67. The highest BCUT2D eigenvalue weighted by Crippen LogP contribution is 2.29. The standard InChI is InChI=1S/C23H29NO5/c1-6-28-21(25)19(24-22(26)29-23(2,3)4)15-16-11-13-17(14-12-16)18-9-7-8-10-20(18)27-5/h7-14,19H,6,15H2,1-5H3,(H,24,26)/t19-/m0/s1. The van der Waals surface area contributed by atoms with E-state index in [-0.39, 0.29) is 6.61 Å². The van der Waals surface area contributed by atoms with Gasteiger partial charge in [-0.15, -0.1) is 0 Å². The van der Waals surface area contributed by atoms with Crippen LogP contribution in [0.15, 0.2) is 48.5 Å². The van der Waals surface area contributed by atoms with E-state index >= 15 is 0 Å². The quantitative estimate of drug-likeness (QED) is 0.700. The Labute approximate surface area is 172 Å². The number of hydrogen-bond donors (Lipinski definition) is 1. The van der Waals surface area contributed by atoms with Gasteiger partial charge in [-0.05, 0) is 44.9 Å². The second-order valence-electron chi connectivity index (χ2n) is 7.55. The van der Waals surface area contributed by atoms with Crippen molar-refractivity contribution in [3.8, 4) is 16.9 Å². The summed E-state index contributed by atoms with van der Waals surface area (Å²) < 4.78 is 15.8. The van der Waals surface area contributed by atoms with Crippen LogP contribution in [0.5, 0.6) is 5.75 Å². The molecule has 2 aromatic rings. The van der Waals surface area contributed by atoms with Gasteiger partial charge >= 0.3 is 12.1 Å². The van der Waals surface area contributed by atoms with Gasteiger partial charge in [0.15, 0.2) is 0 Å². The van der Waals surface area contributed by atoms with Gasteiger partial charge in [0.2, 0.25) is 0 Å². The molecular formula is C23H29NO5. The predicted octanol–water partition coefficient (Wildman–Crippen LogP) is 4.36. The van der Waals surface area contributed by atoms with Crippen LogP contribution in [-0.4, -0.2) is 37.4 Å². The summed E-state index contributed by atoms with van der Waals surface area (Å²) >= 11 is 0. The SMILES string of the molecule is CCOC(=O)[C@H](Cc1ccc(-c2ccccc2OC)cc1)NC(=O)OC(C)(C)C. The number of rotatable bonds is 7. The fourth-order valence-electron chi connectivity index (χ4n) is 2.83. The van der Waals surface area contributed by atoms with E-state index < -0.39 is 23.7 Å². The van der Waals surface area contributed by atoms with Crippen LogP contribution in [0.4, 0.5) is 4.79 Å². The molecule has 2 aromatic carbocycles. The summed E-state index contributed by atoms with van der Waals surface area (Å²) in [6.45, 7) is 7.26. The molecule has 0 spiro atoms. The van der Waals surface area contributed by atoms with E-state index in [4.69, 9.17) is 14.2 Å². The number of para-hydroxylation sites is 1. The maximum Gasteiger partial charge on any atom is 0.408 e. The summed E-state index contributed by atoms with van der Waals surface area (Å²) in [5.41, 5.74) is 2.21. The molecule has 1 atom stereocenters. The summed E-state index contributed by atoms with van der Waals surface area (Å²) in [6.07, 6.45) is -0.356. The van der Waals surface area contributed by atoms with Gasteiger partial charge in [0.25, 0.3) is 0 Å². The molecular weight excluding hydrogens is 370 g/mol. The average molecular weight is 399 g/mol. The van der Waals surface area contributed by atoms with Gasteiger partial charge in [-0.25, -0.2) is 9.59 Å². The zero-order valence-corrected chi connectivity index (χ0v) is 17.7. The molecule has 0 aliphatic heterocycles. The normalized spacial score (nSPS) is 12.0. The number of nitrogens with one attached hydrogen (secondary N) is 1. The second-order valence-corrected chi connectivity index (χ2v) is 7.55. The molecule has 0 aromatic heterocycles. The van der Waals surface area contributed by atoms with Crippen molar-refractivity contribution in [2.45, 2.75) is 45.8 Å². The lowest BCUT2D eigenvalue weighted by Gasteiger charge is -2.23. The van der Waals surface area contributed by atoms with E-state index in [9.17, 15) is 9.59 Å². The van der Waals surface area contributed by atoms with Crippen LogP contribution in [-0.2, 0) is 20.7 Å². The van der Waals surface area contributed by atoms with E-state index in [1.54, 1.807) is 34.8 Å². The maximum absolute atomic E-state index is 12.3. The van der Waals surface area contributed by atoms with Crippen molar-refractivity contribution in [1.29, 1.82) is 0 Å². The third kappa shape index (κ3) is 6.82. The largest absolute Gasteiger partial charge is 0.496 e. The van der Waals surface area contributed by atoms with E-state index in [1.165, 1.54) is 0 Å². The first-order valence-corrected chi connectivity index (χ1v) is 9.62. The Morgan fingerprint density at radius 1 is 1.03 bits per heavy atom. The predicted molar refractivity (Wildman–Crippen MR) is 112 cm³/mol. The third-order valence-electron chi connectivity index (χ3n) is 4.07. The summed E-state index contributed by atoms with van der Waals surface area (Å²) in [6, 6.07) is 14.7. The number of amides is 1. The molecule has 1 amide bonds. The highest BCUT2D eigenvalue weighted by Gasteiger charge is 2.25. The highest BCUT2D eigenvalue weighted by molar-refractivity contribution is 5.82. The van der Waals surface area contributed by atoms with Gasteiger partial charge < -0.3 is 19.5 Å². The Bertz CT molecular complexity index is 824. The van der Waals surface area contributed by atoms with Crippen LogP contribution in [0.1, 0.15) is 33.3 Å². The van der Waals surface area contributed by atoms with Gasteiger partial charge in [-0.1, -0.05) is 42.5 Å². The second kappa shape index (κ2) is 9.96. The minimum atomic E-state index is -0.832. The highest BCUT2D eigenvalue weighted by atomic mass is 16.6. The Morgan fingerprint density at radius 3 is 2.28 bits per heavy atom. The van der Waals surface area contributed by atoms with Gasteiger partial charge in [0.05, 0.1) is 13.7 Å². The van der Waals surface area contributed by atoms with Crippen molar-refractivity contribution in [3.05, 3.63) is 54.1 Å². The van der Waals surface area contributed by atoms with Gasteiger partial charge in [-0.3, -0.25) is 0 Å². The van der Waals surface area contributed by atoms with Crippen LogP contribution < -0.4 is 10.1 Å². The number of carbonyl (C=O) groups is 2. The molecule has 0 radical (unpaired) electrons. The van der Waals surface area contributed by atoms with E-state index in [1.807, 2.05) is 48.5 Å². The molecule has 29 heavy (non-hydrogen) atoms. The summed E-state index contributed by atoms with van der Waals surface area (Å²) in [5, 5.41) is 2.62. The Hall–Kier alpha value is -3.02. The van der Waals surface area contributed by atoms with E-state index in [2.05, 4.69) is 5.32 Å². The Morgan fingerprint density at radius 2 is 1.69 bits per heavy atom. The lowest BCUT2D eigenvalue weighted by atomic mass is 10.00. The van der Waals surface area contributed by atoms with E-state index in [0.717, 1.165) is 22.4 Å². The lowest BCUT2D eigenvalue weighted by molar-refractivity contribution is -0.145. The molecule has 6 nitrogen and oxygen atoms in total. The monoisotopic (exact) mass is 399 g/mol. The number of esters is 1. The molecule has 2 rings (SSSR count). The molecule has 0 aliphatic carbocycles. The number of methoxy groups -OCH3 is 1. The Balaban J connectivity index is 2.15. The van der Waals surface area contributed by atoms with Crippen molar-refractivity contribution in [1.82, 2.24) is 5.32 Å². The summed E-state index contributed by atoms with van der Waals surface area (Å²) in [5.74, 6) is 0.295. The van der Waals surface area contributed by atoms with Gasteiger partial charge in [0.1, 0.15) is 17.4 Å². The van der Waals surface area contributed by atoms with Crippen LogP contribution in [0, 0.1) is 0 Å². The molecule has 0 saturated heterocycles. The van der Waals surface area contributed by atoms with Gasteiger partial charge in [0, 0.05) is 12.0 Å². The van der Waals surface area contributed by atoms with Crippen molar-refractivity contribution in [2.75, 3.05) is 13.7 Å². The number of ether oxygens (including phenoxy) is 3. The molecule has 1 N–H and O–H groups in total. The van der Waals surface area contributed by atoms with Crippen molar-refractivity contribution in [3.63, 3.8) is 0 Å². The fourth-order valence-corrected chi connectivity index (χ4v) is 2.83. The smallest absolute Gasteiger partial charge is 0.408 e. The maximum atomic E-state index is 12.3. The molecule has 0 unspecified atom stereocenters. The first kappa shape index (κ1) is 22.3. The Kier molecular flexibility index (Phi) is 7.65. The number of carbonyl (C=O) groups excluding carboxylic acids is 2. The van der Waals surface area contributed by atoms with Crippen molar-refractivity contribution in [2.24, 2.45) is 0 Å². The molecule has 0 aliphatic rings. The van der Waals surface area contributed by atoms with Crippen LogP contribution in [0.2, 0.25) is 0 Å². The molecule has 0 fully saturated rings. The fraction of sp³-hybridized carbons (Fsp3) is 0.391. The van der Waals surface area contributed by atoms with Gasteiger partial charge in [-0.2, -0.15) is 0 Å². The minimum Gasteiger partial charge on any atom is -0.496 e. The first-order chi connectivity index (χ1) is 13.7. The topological polar surface area (TPSA) is 73.9 Å². The lowest BCUT2D eigenvalue weighted by Crippen LogP contribution is -2.45. The molecule has 0 saturated carbocycles. The van der Waals surface area contributed by atoms with Crippen molar-refractivity contribution < 1.29 is 23.8 Å². The number of alkyl carbamates (subject to hydrolysis) is 1. The zero-order valence-electron chi connectivity index (χ0n) is 17.7. The van der Waals surface area contributed by atoms with E-state index in [0.29, 0.717) is 6.42 Å². The van der Waals surface area contributed by atoms with Crippen LogP contribution >= 0.6 is 0 Å². The first-order valence-electron chi connectivity index (χ1n) is 9.62. The number of hydrogen-bond acceptors (Lipinski definition) is 5. The molecule has 156 valence electrons. The minimum absolute atomic E-state index is 0.234. The van der Waals surface area contributed by atoms with Crippen molar-refractivity contribution >= 4 is 12.1 Å². The zero-order chi connectivity index (χ0) is 21.4. The summed E-state index contributed by atoms with van der Waals surface area (Å²) in [7, 11) is 1.64. The number of benzene rings is 2. The molecule has 0 heterocycles. The van der Waals surface area contributed by atoms with Crippen LogP contribution in [0.25, 0.3) is 11.1 Å². The van der Waals surface area contributed by atoms with Crippen LogP contribution in [0.3, 0.4) is 0 Å². The third-order valence-corrected chi connectivity index (χ3v) is 4.07.